The van der Waals surface area contributed by atoms with Crippen molar-refractivity contribution in [2.75, 3.05) is 12.3 Å². The van der Waals surface area contributed by atoms with Crippen LogP contribution in [0.1, 0.15) is 37.3 Å². The predicted molar refractivity (Wildman–Crippen MR) is 80.8 cm³/mol. The normalized spacial score (nSPS) is 29.6. The van der Waals surface area contributed by atoms with E-state index in [0.717, 1.165) is 13.0 Å². The lowest BCUT2D eigenvalue weighted by Gasteiger charge is -2.28. The molecular formula is C16H20N2OS. The standard InChI is InChI=1S/C16H20N2OS/c19-16-9-11(10-18(16)12-5-6-12)17-14-7-8-20-15-4-2-1-3-13(14)15/h1-4,11-12,14,17H,5-10H2/t11-,14+/m0/s1. The minimum atomic E-state index is 0.337. The topological polar surface area (TPSA) is 32.3 Å². The van der Waals surface area contributed by atoms with Gasteiger partial charge >= 0.3 is 0 Å². The van der Waals surface area contributed by atoms with Crippen LogP contribution in [-0.2, 0) is 4.79 Å². The fourth-order valence-corrected chi connectivity index (χ4v) is 4.51. The van der Waals surface area contributed by atoms with Crippen LogP contribution in [0.25, 0.3) is 0 Å². The molecule has 1 aromatic carbocycles. The summed E-state index contributed by atoms with van der Waals surface area (Å²) in [5.41, 5.74) is 1.42. The largest absolute Gasteiger partial charge is 0.338 e. The molecule has 2 aliphatic heterocycles. The molecule has 0 bridgehead atoms. The fraction of sp³-hybridized carbons (Fsp3) is 0.562. The highest BCUT2D eigenvalue weighted by Crippen LogP contribution is 2.37. The molecule has 3 aliphatic rings. The van der Waals surface area contributed by atoms with Crippen LogP contribution in [0.5, 0.6) is 0 Å². The lowest BCUT2D eigenvalue weighted by Crippen LogP contribution is -2.37. The molecule has 2 atom stereocenters. The lowest BCUT2D eigenvalue weighted by atomic mass is 10.0. The zero-order valence-electron chi connectivity index (χ0n) is 11.5. The maximum atomic E-state index is 12.0. The van der Waals surface area contributed by atoms with Crippen molar-refractivity contribution in [2.24, 2.45) is 0 Å². The molecular weight excluding hydrogens is 268 g/mol. The third-order valence-corrected chi connectivity index (χ3v) is 5.66. The number of hydrogen-bond acceptors (Lipinski definition) is 3. The zero-order valence-corrected chi connectivity index (χ0v) is 12.4. The van der Waals surface area contributed by atoms with Crippen molar-refractivity contribution >= 4 is 17.7 Å². The van der Waals surface area contributed by atoms with Crippen molar-refractivity contribution in [3.8, 4) is 0 Å². The van der Waals surface area contributed by atoms with Gasteiger partial charge in [0.25, 0.3) is 0 Å². The van der Waals surface area contributed by atoms with E-state index >= 15 is 0 Å². The number of carbonyl (C=O) groups is 1. The van der Waals surface area contributed by atoms with E-state index in [-0.39, 0.29) is 0 Å². The van der Waals surface area contributed by atoms with Crippen molar-refractivity contribution in [3.05, 3.63) is 29.8 Å². The molecule has 1 aliphatic carbocycles. The van der Waals surface area contributed by atoms with Gasteiger partial charge in [0.2, 0.25) is 5.91 Å². The molecule has 0 aromatic heterocycles. The summed E-state index contributed by atoms with van der Waals surface area (Å²) >= 11 is 1.95. The Bertz CT molecular complexity index is 529. The van der Waals surface area contributed by atoms with E-state index in [2.05, 4.69) is 34.5 Å². The summed E-state index contributed by atoms with van der Waals surface area (Å²) in [4.78, 5) is 15.5. The molecule has 1 aromatic rings. The van der Waals surface area contributed by atoms with E-state index < -0.39 is 0 Å². The molecule has 1 saturated heterocycles. The Morgan fingerprint density at radius 2 is 2.05 bits per heavy atom. The quantitative estimate of drug-likeness (QED) is 0.928. The Balaban J connectivity index is 1.46. The van der Waals surface area contributed by atoms with Gasteiger partial charge in [-0.25, -0.2) is 0 Å². The second kappa shape index (κ2) is 5.08. The highest BCUT2D eigenvalue weighted by Gasteiger charge is 2.40. The average molecular weight is 288 g/mol. The Morgan fingerprint density at radius 3 is 2.90 bits per heavy atom. The van der Waals surface area contributed by atoms with Gasteiger partial charge in [0.1, 0.15) is 0 Å². The van der Waals surface area contributed by atoms with Crippen molar-refractivity contribution in [2.45, 2.75) is 48.7 Å². The monoisotopic (exact) mass is 288 g/mol. The highest BCUT2D eigenvalue weighted by atomic mass is 32.2. The third-order valence-electron chi connectivity index (χ3n) is 4.54. The first kappa shape index (κ1) is 12.7. The first-order valence-electron chi connectivity index (χ1n) is 7.58. The van der Waals surface area contributed by atoms with Gasteiger partial charge in [-0.1, -0.05) is 18.2 Å². The first-order chi connectivity index (χ1) is 9.81. The molecule has 0 radical (unpaired) electrons. The molecule has 1 saturated carbocycles. The van der Waals surface area contributed by atoms with Gasteiger partial charge in [0, 0.05) is 36.0 Å². The van der Waals surface area contributed by atoms with Gasteiger partial charge in [-0.3, -0.25) is 4.79 Å². The van der Waals surface area contributed by atoms with Gasteiger partial charge in [0.05, 0.1) is 0 Å². The van der Waals surface area contributed by atoms with Gasteiger partial charge < -0.3 is 10.2 Å². The molecule has 0 spiro atoms. The summed E-state index contributed by atoms with van der Waals surface area (Å²) in [7, 11) is 0. The minimum Gasteiger partial charge on any atom is -0.338 e. The highest BCUT2D eigenvalue weighted by molar-refractivity contribution is 7.99. The second-order valence-corrected chi connectivity index (χ2v) is 7.21. The molecule has 2 heterocycles. The van der Waals surface area contributed by atoms with Crippen LogP contribution in [0, 0.1) is 0 Å². The number of benzene rings is 1. The number of thioether (sulfide) groups is 1. The van der Waals surface area contributed by atoms with Crippen LogP contribution in [-0.4, -0.2) is 35.2 Å². The Kier molecular flexibility index (Phi) is 3.23. The summed E-state index contributed by atoms with van der Waals surface area (Å²) in [5.74, 6) is 1.52. The molecule has 1 amide bonds. The first-order valence-corrected chi connectivity index (χ1v) is 8.57. The van der Waals surface area contributed by atoms with Gasteiger partial charge in [-0.05, 0) is 36.6 Å². The predicted octanol–water partition coefficient (Wildman–Crippen LogP) is 2.58. The van der Waals surface area contributed by atoms with Crippen LogP contribution >= 0.6 is 11.8 Å². The summed E-state index contributed by atoms with van der Waals surface area (Å²) in [6.07, 6.45) is 4.26. The van der Waals surface area contributed by atoms with E-state index in [1.54, 1.807) is 0 Å². The van der Waals surface area contributed by atoms with Crippen molar-refractivity contribution in [1.29, 1.82) is 0 Å². The smallest absolute Gasteiger partial charge is 0.224 e. The number of nitrogens with zero attached hydrogens (tertiary/aromatic N) is 1. The van der Waals surface area contributed by atoms with Crippen LogP contribution < -0.4 is 5.32 Å². The van der Waals surface area contributed by atoms with Gasteiger partial charge in [0.15, 0.2) is 0 Å². The summed E-state index contributed by atoms with van der Waals surface area (Å²) < 4.78 is 0. The Labute approximate surface area is 124 Å². The van der Waals surface area contributed by atoms with Crippen LogP contribution in [0.15, 0.2) is 29.2 Å². The summed E-state index contributed by atoms with van der Waals surface area (Å²) in [6, 6.07) is 9.99. The number of nitrogens with one attached hydrogen (secondary N) is 1. The summed E-state index contributed by atoms with van der Waals surface area (Å²) in [5, 5.41) is 3.74. The van der Waals surface area contributed by atoms with Gasteiger partial charge in [-0.15, -0.1) is 11.8 Å². The second-order valence-electron chi connectivity index (χ2n) is 6.07. The van der Waals surface area contributed by atoms with Crippen LogP contribution in [0.3, 0.4) is 0 Å². The minimum absolute atomic E-state index is 0.337. The van der Waals surface area contributed by atoms with Crippen molar-refractivity contribution < 1.29 is 4.79 Å². The van der Waals surface area contributed by atoms with E-state index in [1.807, 2.05) is 11.8 Å². The molecule has 4 heteroatoms. The maximum absolute atomic E-state index is 12.0. The third kappa shape index (κ3) is 2.35. The molecule has 20 heavy (non-hydrogen) atoms. The number of amides is 1. The maximum Gasteiger partial charge on any atom is 0.224 e. The number of rotatable bonds is 3. The molecule has 4 rings (SSSR count). The van der Waals surface area contributed by atoms with Crippen molar-refractivity contribution in [3.63, 3.8) is 0 Å². The van der Waals surface area contributed by atoms with E-state index in [0.29, 0.717) is 30.5 Å². The van der Waals surface area contributed by atoms with Crippen LogP contribution in [0.2, 0.25) is 0 Å². The van der Waals surface area contributed by atoms with Gasteiger partial charge in [-0.2, -0.15) is 0 Å². The zero-order chi connectivity index (χ0) is 13.5. The lowest BCUT2D eigenvalue weighted by molar-refractivity contribution is -0.128. The molecule has 0 unspecified atom stereocenters. The molecule has 106 valence electrons. The van der Waals surface area contributed by atoms with E-state index in [4.69, 9.17) is 0 Å². The van der Waals surface area contributed by atoms with E-state index in [1.165, 1.54) is 29.1 Å². The summed E-state index contributed by atoms with van der Waals surface area (Å²) in [6.45, 7) is 0.912. The Hall–Kier alpha value is -1.00. The number of fused-ring (bicyclic) bond motifs is 1. The number of carbonyl (C=O) groups excluding carboxylic acids is 1. The molecule has 3 nitrogen and oxygen atoms in total. The molecule has 2 fully saturated rings. The number of likely N-dealkylation sites (tertiary alicyclic amines) is 1. The number of hydrogen-bond donors (Lipinski definition) is 1. The van der Waals surface area contributed by atoms with E-state index in [9.17, 15) is 4.79 Å². The fourth-order valence-electron chi connectivity index (χ4n) is 3.38. The molecule has 1 N–H and O–H groups in total. The SMILES string of the molecule is O=C1C[C@H](N[C@@H]2CCSc3ccccc32)CN1C1CC1. The van der Waals surface area contributed by atoms with Crippen LogP contribution in [0.4, 0.5) is 0 Å². The average Bonchev–Trinajstić information content (AvgIpc) is 3.24. The Morgan fingerprint density at radius 1 is 1.20 bits per heavy atom. The van der Waals surface area contributed by atoms with Crippen molar-refractivity contribution in [1.82, 2.24) is 10.2 Å².